The monoisotopic (exact) mass is 466 g/mol. The number of ether oxygens (including phenoxy) is 1. The molecule has 0 saturated carbocycles. The summed E-state index contributed by atoms with van der Waals surface area (Å²) in [6, 6.07) is 8.38. The van der Waals surface area contributed by atoms with Crippen LogP contribution in [0.1, 0.15) is 78.2 Å². The molecular formula is C25H42O6Si. The van der Waals surface area contributed by atoms with E-state index in [2.05, 4.69) is 0 Å². The Balaban J connectivity index is 2.35. The van der Waals surface area contributed by atoms with E-state index in [4.69, 9.17) is 18.0 Å². The molecule has 1 aromatic carbocycles. The molecule has 1 aromatic rings. The predicted octanol–water partition coefficient (Wildman–Crippen LogP) is 6.33. The highest BCUT2D eigenvalue weighted by molar-refractivity contribution is 6.60. The molecule has 0 aliphatic rings. The third-order valence-electron chi connectivity index (χ3n) is 5.08. The smallest absolute Gasteiger partial charge is 0.494 e. The fraction of sp³-hybridized carbons (Fsp3) is 0.640. The number of aliphatic carboxylic acids is 1. The third-order valence-corrected chi connectivity index (χ3v) is 8.23. The van der Waals surface area contributed by atoms with E-state index in [1.165, 1.54) is 0 Å². The largest absolute Gasteiger partial charge is 0.500 e. The van der Waals surface area contributed by atoms with Crippen molar-refractivity contribution >= 4 is 20.8 Å². The van der Waals surface area contributed by atoms with Gasteiger partial charge in [0.15, 0.2) is 0 Å². The number of benzene rings is 1. The second-order valence-corrected chi connectivity index (χ2v) is 10.3. The van der Waals surface area contributed by atoms with Gasteiger partial charge in [-0.3, -0.25) is 0 Å². The van der Waals surface area contributed by atoms with Crippen LogP contribution in [0, 0.1) is 0 Å². The molecule has 32 heavy (non-hydrogen) atoms. The molecule has 0 radical (unpaired) electrons. The molecule has 0 aliphatic heterocycles. The second-order valence-electron chi connectivity index (χ2n) is 7.58. The Morgan fingerprint density at radius 3 is 1.84 bits per heavy atom. The molecule has 0 atom stereocenters. The summed E-state index contributed by atoms with van der Waals surface area (Å²) in [4.78, 5) is 11.6. The summed E-state index contributed by atoms with van der Waals surface area (Å²) in [6.07, 6.45) is 8.61. The maximum atomic E-state index is 11.6. The average Bonchev–Trinajstić information content (AvgIpc) is 2.76. The van der Waals surface area contributed by atoms with Gasteiger partial charge in [0.05, 0.1) is 6.61 Å². The minimum absolute atomic E-state index is 0.454. The molecule has 0 unspecified atom stereocenters. The van der Waals surface area contributed by atoms with Crippen LogP contribution in [0.2, 0.25) is 6.04 Å². The molecule has 0 bridgehead atoms. The van der Waals surface area contributed by atoms with Crippen LogP contribution in [0.15, 0.2) is 29.8 Å². The van der Waals surface area contributed by atoms with Gasteiger partial charge in [0, 0.05) is 31.4 Å². The Kier molecular flexibility index (Phi) is 15.0. The van der Waals surface area contributed by atoms with E-state index in [-0.39, 0.29) is 0 Å². The lowest BCUT2D eigenvalue weighted by molar-refractivity contribution is -0.132. The fourth-order valence-electron chi connectivity index (χ4n) is 3.63. The van der Waals surface area contributed by atoms with Crippen molar-refractivity contribution in [2.24, 2.45) is 0 Å². The van der Waals surface area contributed by atoms with Crippen molar-refractivity contribution in [3.63, 3.8) is 0 Å². The molecule has 182 valence electrons. The molecule has 7 heteroatoms. The summed E-state index contributed by atoms with van der Waals surface area (Å²) in [5.41, 5.74) is 1.34. The Hall–Kier alpha value is -1.67. The fourth-order valence-corrected chi connectivity index (χ4v) is 6.32. The van der Waals surface area contributed by atoms with Crippen LogP contribution in [-0.4, -0.2) is 46.3 Å². The first-order valence-corrected chi connectivity index (χ1v) is 14.0. The van der Waals surface area contributed by atoms with Crippen LogP contribution in [-0.2, 0) is 18.1 Å². The second kappa shape index (κ2) is 16.9. The first-order chi connectivity index (χ1) is 15.5. The number of carbonyl (C=O) groups is 1. The normalized spacial score (nSPS) is 12.2. The SMILES string of the molecule is CCOc1ccc(/C=C(\CCCCCCCC[Si](OCC)(OCC)OCC)C(=O)O)cc1. The van der Waals surface area contributed by atoms with Crippen LogP contribution in [0.25, 0.3) is 6.08 Å². The van der Waals surface area contributed by atoms with Crippen LogP contribution in [0.5, 0.6) is 5.75 Å². The predicted molar refractivity (Wildman–Crippen MR) is 131 cm³/mol. The van der Waals surface area contributed by atoms with Crippen LogP contribution in [0.4, 0.5) is 0 Å². The molecule has 6 nitrogen and oxygen atoms in total. The van der Waals surface area contributed by atoms with Crippen molar-refractivity contribution in [1.82, 2.24) is 0 Å². The van der Waals surface area contributed by atoms with Crippen LogP contribution >= 0.6 is 0 Å². The summed E-state index contributed by atoms with van der Waals surface area (Å²) >= 11 is 0. The van der Waals surface area contributed by atoms with E-state index in [1.54, 1.807) is 6.08 Å². The van der Waals surface area contributed by atoms with Crippen molar-refractivity contribution in [3.05, 3.63) is 35.4 Å². The van der Waals surface area contributed by atoms with Gasteiger partial charge in [0.2, 0.25) is 0 Å². The lowest BCUT2D eigenvalue weighted by atomic mass is 10.0. The quantitative estimate of drug-likeness (QED) is 0.146. The first kappa shape index (κ1) is 28.4. The van der Waals surface area contributed by atoms with Gasteiger partial charge in [-0.05, 0) is 70.7 Å². The lowest BCUT2D eigenvalue weighted by Gasteiger charge is -2.28. The minimum atomic E-state index is -2.52. The highest BCUT2D eigenvalue weighted by atomic mass is 28.4. The van der Waals surface area contributed by atoms with Gasteiger partial charge in [-0.2, -0.15) is 0 Å². The zero-order chi connectivity index (χ0) is 23.7. The third kappa shape index (κ3) is 11.3. The molecule has 1 N–H and O–H groups in total. The van der Waals surface area contributed by atoms with Crippen molar-refractivity contribution in [3.8, 4) is 5.75 Å². The molecule has 0 saturated heterocycles. The Morgan fingerprint density at radius 2 is 1.34 bits per heavy atom. The minimum Gasteiger partial charge on any atom is -0.494 e. The maximum absolute atomic E-state index is 11.6. The number of hydrogen-bond donors (Lipinski definition) is 1. The average molecular weight is 467 g/mol. The number of hydrogen-bond acceptors (Lipinski definition) is 5. The van der Waals surface area contributed by atoms with Crippen LogP contribution in [0.3, 0.4) is 0 Å². The zero-order valence-electron chi connectivity index (χ0n) is 20.4. The molecular weight excluding hydrogens is 424 g/mol. The van der Waals surface area contributed by atoms with Gasteiger partial charge < -0.3 is 23.1 Å². The highest BCUT2D eigenvalue weighted by Crippen LogP contribution is 2.22. The topological polar surface area (TPSA) is 74.2 Å². The van der Waals surface area contributed by atoms with E-state index < -0.39 is 14.8 Å². The Morgan fingerprint density at radius 1 is 0.812 bits per heavy atom. The molecule has 0 aliphatic carbocycles. The van der Waals surface area contributed by atoms with Gasteiger partial charge >= 0.3 is 14.8 Å². The summed E-state index contributed by atoms with van der Waals surface area (Å²) < 4.78 is 23.1. The van der Waals surface area contributed by atoms with E-state index in [9.17, 15) is 9.90 Å². The number of unbranched alkanes of at least 4 members (excludes halogenated alkanes) is 5. The van der Waals surface area contributed by atoms with E-state index in [1.807, 2.05) is 52.0 Å². The van der Waals surface area contributed by atoms with Crippen molar-refractivity contribution in [2.75, 3.05) is 26.4 Å². The zero-order valence-corrected chi connectivity index (χ0v) is 21.4. The van der Waals surface area contributed by atoms with Gasteiger partial charge in [0.25, 0.3) is 0 Å². The summed E-state index contributed by atoms with van der Waals surface area (Å²) in [5.74, 6) is -0.0480. The molecule has 0 heterocycles. The van der Waals surface area contributed by atoms with Crippen molar-refractivity contribution < 1.29 is 27.9 Å². The van der Waals surface area contributed by atoms with Gasteiger partial charge in [-0.25, -0.2) is 4.79 Å². The molecule has 0 fully saturated rings. The standard InChI is InChI=1S/C25H42O6Si/c1-5-28-24-18-16-22(17-19-24)21-23(25(26)27)15-13-11-9-10-12-14-20-32(29-6-2,30-7-3)31-8-4/h16-19,21H,5-15,20H2,1-4H3,(H,26,27)/b23-21+. The first-order valence-electron chi connectivity index (χ1n) is 12.1. The molecule has 1 rings (SSSR count). The number of carboxylic acid groups (broad SMARTS) is 1. The molecule has 0 spiro atoms. The summed E-state index contributed by atoms with van der Waals surface area (Å²) in [5, 5.41) is 9.53. The van der Waals surface area contributed by atoms with E-state index in [0.29, 0.717) is 38.4 Å². The summed E-state index contributed by atoms with van der Waals surface area (Å²) in [6.45, 7) is 10.3. The van der Waals surface area contributed by atoms with E-state index in [0.717, 1.165) is 55.9 Å². The highest BCUT2D eigenvalue weighted by Gasteiger charge is 2.39. The Bertz CT molecular complexity index is 642. The maximum Gasteiger partial charge on any atom is 0.500 e. The number of rotatable bonds is 19. The molecule has 0 aromatic heterocycles. The van der Waals surface area contributed by atoms with Gasteiger partial charge in [-0.15, -0.1) is 0 Å². The molecule has 0 amide bonds. The summed E-state index contributed by atoms with van der Waals surface area (Å²) in [7, 11) is -2.52. The van der Waals surface area contributed by atoms with Crippen molar-refractivity contribution in [2.45, 2.75) is 78.7 Å². The lowest BCUT2D eigenvalue weighted by Crippen LogP contribution is -2.45. The van der Waals surface area contributed by atoms with Gasteiger partial charge in [-0.1, -0.05) is 37.8 Å². The van der Waals surface area contributed by atoms with Gasteiger partial charge in [0.1, 0.15) is 5.75 Å². The Labute approximate surface area is 195 Å². The number of carboxylic acids is 1. The van der Waals surface area contributed by atoms with E-state index >= 15 is 0 Å². The van der Waals surface area contributed by atoms with Crippen molar-refractivity contribution in [1.29, 1.82) is 0 Å². The van der Waals surface area contributed by atoms with Crippen LogP contribution < -0.4 is 4.74 Å².